The van der Waals surface area contributed by atoms with Crippen LogP contribution in [-0.4, -0.2) is 4.32 Å². The third-order valence-electron chi connectivity index (χ3n) is 3.22. The molecule has 0 spiro atoms. The van der Waals surface area contributed by atoms with Crippen LogP contribution in [0.25, 0.3) is 0 Å². The maximum atomic E-state index is 8.97. The first-order valence-electron chi connectivity index (χ1n) is 4.84. The minimum atomic E-state index is -0.168. The van der Waals surface area contributed by atoms with Gasteiger partial charge in [0, 0.05) is 0 Å². The van der Waals surface area contributed by atoms with Crippen LogP contribution in [0.4, 0.5) is 0 Å². The monoisotopic (exact) mass is 227 g/mol. The molecule has 0 saturated heterocycles. The smallest absolute Gasteiger partial charge is 0.112 e. The van der Waals surface area contributed by atoms with Gasteiger partial charge in [0.25, 0.3) is 0 Å². The van der Waals surface area contributed by atoms with Gasteiger partial charge in [-0.15, -0.1) is 0 Å². The summed E-state index contributed by atoms with van der Waals surface area (Å²) in [5.74, 6) is 1.81. The number of hydrogen-bond donors (Lipinski definition) is 0. The minimum absolute atomic E-state index is 0.168. The van der Waals surface area contributed by atoms with Gasteiger partial charge < -0.3 is 0 Å². The number of rotatable bonds is 1. The second kappa shape index (κ2) is 3.03. The fraction of sp³-hybridized carbons (Fsp3) is 0.900. The Labute approximate surface area is 82.3 Å². The molecule has 2 unspecified atom stereocenters. The summed E-state index contributed by atoms with van der Waals surface area (Å²) in [4.78, 5) is 0. The highest BCUT2D eigenvalue weighted by atomic mass is 79.9. The van der Waals surface area contributed by atoms with Crippen molar-refractivity contribution in [1.82, 2.24) is 0 Å². The standard InChI is InChI=1S/C10H14BrN/c11-10(7-12)5-1-2-9(6-10)8-3-4-8/h8-9H,1-6H2. The van der Waals surface area contributed by atoms with E-state index >= 15 is 0 Å². The van der Waals surface area contributed by atoms with Crippen molar-refractivity contribution in [3.05, 3.63) is 0 Å². The summed E-state index contributed by atoms with van der Waals surface area (Å²) in [6.45, 7) is 0. The van der Waals surface area contributed by atoms with E-state index in [0.29, 0.717) is 0 Å². The molecule has 12 heavy (non-hydrogen) atoms. The Balaban J connectivity index is 1.98. The zero-order valence-electron chi connectivity index (χ0n) is 7.22. The van der Waals surface area contributed by atoms with Crippen molar-refractivity contribution in [1.29, 1.82) is 5.26 Å². The summed E-state index contributed by atoms with van der Waals surface area (Å²) in [7, 11) is 0. The molecule has 0 N–H and O–H groups in total. The molecule has 1 nitrogen and oxygen atoms in total. The van der Waals surface area contributed by atoms with E-state index in [9.17, 15) is 0 Å². The molecular weight excluding hydrogens is 214 g/mol. The molecule has 2 heteroatoms. The Morgan fingerprint density at radius 1 is 1.25 bits per heavy atom. The number of halogens is 1. The fourth-order valence-electron chi connectivity index (χ4n) is 2.34. The highest BCUT2D eigenvalue weighted by molar-refractivity contribution is 9.10. The molecule has 2 atom stereocenters. The molecule has 2 saturated carbocycles. The van der Waals surface area contributed by atoms with Crippen molar-refractivity contribution >= 4 is 15.9 Å². The van der Waals surface area contributed by atoms with Crippen molar-refractivity contribution in [3.63, 3.8) is 0 Å². The molecule has 2 fully saturated rings. The normalized spacial score (nSPS) is 42.2. The lowest BCUT2D eigenvalue weighted by Crippen LogP contribution is -2.28. The third kappa shape index (κ3) is 1.66. The van der Waals surface area contributed by atoms with Crippen LogP contribution in [0.3, 0.4) is 0 Å². The van der Waals surface area contributed by atoms with Crippen LogP contribution < -0.4 is 0 Å². The van der Waals surface area contributed by atoms with Gasteiger partial charge in [0.05, 0.1) is 6.07 Å². The molecule has 0 amide bonds. The van der Waals surface area contributed by atoms with E-state index in [4.69, 9.17) is 5.26 Å². The van der Waals surface area contributed by atoms with Gasteiger partial charge in [-0.25, -0.2) is 0 Å². The van der Waals surface area contributed by atoms with E-state index in [2.05, 4.69) is 22.0 Å². The summed E-state index contributed by atoms with van der Waals surface area (Å²) < 4.78 is -0.168. The molecular formula is C10H14BrN. The molecule has 0 aliphatic heterocycles. The first kappa shape index (κ1) is 8.56. The Hall–Kier alpha value is -0.0300. The Bertz CT molecular complexity index is 216. The van der Waals surface area contributed by atoms with Crippen LogP contribution in [0.15, 0.2) is 0 Å². The van der Waals surface area contributed by atoms with Crippen LogP contribution in [0.5, 0.6) is 0 Å². The van der Waals surface area contributed by atoms with Gasteiger partial charge in [-0.2, -0.15) is 5.26 Å². The largest absolute Gasteiger partial charge is 0.197 e. The van der Waals surface area contributed by atoms with Crippen LogP contribution >= 0.6 is 15.9 Å². The number of alkyl halides is 1. The van der Waals surface area contributed by atoms with E-state index in [1.807, 2.05) is 0 Å². The topological polar surface area (TPSA) is 23.8 Å². The van der Waals surface area contributed by atoms with Crippen molar-refractivity contribution in [2.75, 3.05) is 0 Å². The predicted octanol–water partition coefficient (Wildman–Crippen LogP) is 3.24. The van der Waals surface area contributed by atoms with Crippen LogP contribution in [0.2, 0.25) is 0 Å². The minimum Gasteiger partial charge on any atom is -0.197 e. The van der Waals surface area contributed by atoms with Crippen molar-refractivity contribution in [2.45, 2.75) is 42.8 Å². The maximum absolute atomic E-state index is 8.97. The molecule has 0 heterocycles. The SMILES string of the molecule is N#CC1(Br)CCCC(C2CC2)C1. The fourth-order valence-corrected chi connectivity index (χ4v) is 3.03. The molecule has 0 aromatic carbocycles. The second-order valence-electron chi connectivity index (χ2n) is 4.27. The van der Waals surface area contributed by atoms with Gasteiger partial charge in [-0.1, -0.05) is 28.8 Å². The van der Waals surface area contributed by atoms with Crippen molar-refractivity contribution in [3.8, 4) is 6.07 Å². The van der Waals surface area contributed by atoms with Gasteiger partial charge in [-0.3, -0.25) is 0 Å². The highest BCUT2D eigenvalue weighted by Crippen LogP contribution is 2.48. The van der Waals surface area contributed by atoms with Gasteiger partial charge in [0.1, 0.15) is 4.32 Å². The summed E-state index contributed by atoms with van der Waals surface area (Å²) in [5.41, 5.74) is 0. The Kier molecular flexibility index (Phi) is 2.16. The molecule has 0 radical (unpaired) electrons. The summed E-state index contributed by atoms with van der Waals surface area (Å²) >= 11 is 3.57. The molecule has 0 aromatic heterocycles. The van der Waals surface area contributed by atoms with Crippen molar-refractivity contribution < 1.29 is 0 Å². The average molecular weight is 228 g/mol. The van der Waals surface area contributed by atoms with Crippen LogP contribution in [-0.2, 0) is 0 Å². The molecule has 0 aromatic rings. The summed E-state index contributed by atoms with van der Waals surface area (Å²) in [5, 5.41) is 8.97. The molecule has 2 rings (SSSR count). The van der Waals surface area contributed by atoms with E-state index in [0.717, 1.165) is 24.7 Å². The number of hydrogen-bond acceptors (Lipinski definition) is 1. The lowest BCUT2D eigenvalue weighted by Gasteiger charge is -2.31. The average Bonchev–Trinajstić information content (AvgIpc) is 2.87. The lowest BCUT2D eigenvalue weighted by atomic mass is 9.79. The molecule has 2 aliphatic rings. The Morgan fingerprint density at radius 3 is 2.58 bits per heavy atom. The zero-order chi connectivity index (χ0) is 8.60. The van der Waals surface area contributed by atoms with Gasteiger partial charge in [0.15, 0.2) is 0 Å². The Morgan fingerprint density at radius 2 is 2.00 bits per heavy atom. The second-order valence-corrected chi connectivity index (χ2v) is 5.79. The molecule has 66 valence electrons. The summed E-state index contributed by atoms with van der Waals surface area (Å²) in [6.07, 6.45) is 7.57. The van der Waals surface area contributed by atoms with Crippen LogP contribution in [0, 0.1) is 23.2 Å². The first-order valence-corrected chi connectivity index (χ1v) is 5.63. The van der Waals surface area contributed by atoms with E-state index in [1.54, 1.807) is 0 Å². The lowest BCUT2D eigenvalue weighted by molar-refractivity contribution is 0.303. The van der Waals surface area contributed by atoms with Crippen LogP contribution in [0.1, 0.15) is 38.5 Å². The quantitative estimate of drug-likeness (QED) is 0.632. The first-order chi connectivity index (χ1) is 5.73. The number of nitriles is 1. The molecule has 2 aliphatic carbocycles. The number of nitrogens with zero attached hydrogens (tertiary/aromatic N) is 1. The van der Waals surface area contributed by atoms with Gasteiger partial charge in [-0.05, 0) is 37.5 Å². The van der Waals surface area contributed by atoms with Gasteiger partial charge >= 0.3 is 0 Å². The van der Waals surface area contributed by atoms with E-state index in [1.165, 1.54) is 25.7 Å². The summed E-state index contributed by atoms with van der Waals surface area (Å²) in [6, 6.07) is 2.41. The molecule has 0 bridgehead atoms. The maximum Gasteiger partial charge on any atom is 0.112 e. The van der Waals surface area contributed by atoms with Gasteiger partial charge in [0.2, 0.25) is 0 Å². The van der Waals surface area contributed by atoms with Crippen molar-refractivity contribution in [2.24, 2.45) is 11.8 Å². The zero-order valence-corrected chi connectivity index (χ0v) is 8.81. The predicted molar refractivity (Wildman–Crippen MR) is 52.0 cm³/mol. The van der Waals surface area contributed by atoms with E-state index < -0.39 is 0 Å². The highest BCUT2D eigenvalue weighted by Gasteiger charge is 2.40. The third-order valence-corrected chi connectivity index (χ3v) is 4.12. The van der Waals surface area contributed by atoms with E-state index in [-0.39, 0.29) is 4.32 Å².